The van der Waals surface area contributed by atoms with Crippen molar-refractivity contribution in [3.05, 3.63) is 59.9 Å². The summed E-state index contributed by atoms with van der Waals surface area (Å²) in [7, 11) is 1.71. The lowest BCUT2D eigenvalue weighted by atomic mass is 9.91. The Morgan fingerprint density at radius 1 is 1.08 bits per heavy atom. The molecule has 1 fully saturated rings. The number of rotatable bonds is 7. The monoisotopic (exact) mass is 340 g/mol. The van der Waals surface area contributed by atoms with Crippen LogP contribution < -0.4 is 4.74 Å². The largest absolute Gasteiger partial charge is 0.497 e. The van der Waals surface area contributed by atoms with Crippen LogP contribution in [0.5, 0.6) is 5.75 Å². The van der Waals surface area contributed by atoms with E-state index in [4.69, 9.17) is 4.74 Å². The molecule has 25 heavy (non-hydrogen) atoms. The van der Waals surface area contributed by atoms with Crippen LogP contribution in [0.3, 0.4) is 0 Å². The third kappa shape index (κ3) is 5.28. The van der Waals surface area contributed by atoms with E-state index in [-0.39, 0.29) is 6.10 Å². The molecule has 0 radical (unpaired) electrons. The molecule has 1 aromatic heterocycles. The molecule has 1 aliphatic rings. The zero-order valence-corrected chi connectivity index (χ0v) is 15.0. The molecule has 0 spiro atoms. The van der Waals surface area contributed by atoms with Gasteiger partial charge in [-0.05, 0) is 67.5 Å². The summed E-state index contributed by atoms with van der Waals surface area (Å²) in [5.74, 6) is 0.908. The molecule has 0 atom stereocenters. The van der Waals surface area contributed by atoms with E-state index < -0.39 is 0 Å². The van der Waals surface area contributed by atoms with Gasteiger partial charge in [-0.2, -0.15) is 0 Å². The van der Waals surface area contributed by atoms with Crippen LogP contribution >= 0.6 is 0 Å². The van der Waals surface area contributed by atoms with Crippen molar-refractivity contribution >= 4 is 0 Å². The van der Waals surface area contributed by atoms with Gasteiger partial charge >= 0.3 is 0 Å². The minimum absolute atomic E-state index is 0.116. The minimum Gasteiger partial charge on any atom is -0.497 e. The second-order valence-corrected chi connectivity index (χ2v) is 6.89. The summed E-state index contributed by atoms with van der Waals surface area (Å²) in [4.78, 5) is 6.67. The van der Waals surface area contributed by atoms with Crippen molar-refractivity contribution in [2.24, 2.45) is 0 Å². The molecule has 1 aromatic carbocycles. The van der Waals surface area contributed by atoms with E-state index in [2.05, 4.69) is 40.2 Å². The van der Waals surface area contributed by atoms with Gasteiger partial charge in [-0.1, -0.05) is 12.1 Å². The number of pyridine rings is 1. The Hall–Kier alpha value is -1.91. The zero-order chi connectivity index (χ0) is 17.5. The van der Waals surface area contributed by atoms with Gasteiger partial charge in [0.2, 0.25) is 0 Å². The lowest BCUT2D eigenvalue weighted by Crippen LogP contribution is -2.39. The van der Waals surface area contributed by atoms with Gasteiger partial charge in [-0.25, -0.2) is 0 Å². The SMILES string of the molecule is COc1cccc(CN(CCc2ccncc2)C2CCC(O)CC2)c1. The number of methoxy groups -OCH3 is 1. The average molecular weight is 340 g/mol. The van der Waals surface area contributed by atoms with Crippen LogP contribution in [-0.2, 0) is 13.0 Å². The van der Waals surface area contributed by atoms with Crippen LogP contribution in [0.25, 0.3) is 0 Å². The molecule has 2 aromatic rings. The molecular weight excluding hydrogens is 312 g/mol. The molecule has 0 bridgehead atoms. The highest BCUT2D eigenvalue weighted by atomic mass is 16.5. The number of aliphatic hydroxyl groups is 1. The van der Waals surface area contributed by atoms with Gasteiger partial charge < -0.3 is 9.84 Å². The van der Waals surface area contributed by atoms with Crippen molar-refractivity contribution in [3.8, 4) is 5.75 Å². The van der Waals surface area contributed by atoms with E-state index in [1.165, 1.54) is 11.1 Å². The molecule has 0 amide bonds. The Morgan fingerprint density at radius 3 is 2.56 bits per heavy atom. The maximum atomic E-state index is 9.83. The van der Waals surface area contributed by atoms with E-state index in [0.717, 1.165) is 50.9 Å². The summed E-state index contributed by atoms with van der Waals surface area (Å²) in [6.45, 7) is 1.94. The Balaban J connectivity index is 1.69. The molecule has 1 N–H and O–H groups in total. The average Bonchev–Trinajstić information content (AvgIpc) is 2.67. The molecule has 3 rings (SSSR count). The van der Waals surface area contributed by atoms with Gasteiger partial charge in [0, 0.05) is 31.5 Å². The normalized spacial score (nSPS) is 20.6. The molecule has 1 aliphatic carbocycles. The van der Waals surface area contributed by atoms with Crippen molar-refractivity contribution in [1.82, 2.24) is 9.88 Å². The fraction of sp³-hybridized carbons (Fsp3) is 0.476. The summed E-state index contributed by atoms with van der Waals surface area (Å²) < 4.78 is 5.37. The maximum Gasteiger partial charge on any atom is 0.119 e. The van der Waals surface area contributed by atoms with Gasteiger partial charge in [0.25, 0.3) is 0 Å². The highest BCUT2D eigenvalue weighted by Crippen LogP contribution is 2.25. The van der Waals surface area contributed by atoms with Crippen LogP contribution in [0.2, 0.25) is 0 Å². The summed E-state index contributed by atoms with van der Waals surface area (Å²) in [5.41, 5.74) is 2.60. The molecular formula is C21H28N2O2. The standard InChI is InChI=1S/C21H28N2O2/c1-25-21-4-2-3-18(15-21)16-23(19-5-7-20(24)8-6-19)14-11-17-9-12-22-13-10-17/h2-4,9-10,12-13,15,19-20,24H,5-8,11,14,16H2,1H3. The summed E-state index contributed by atoms with van der Waals surface area (Å²) in [6.07, 6.45) is 8.59. The predicted octanol–water partition coefficient (Wildman–Crippen LogP) is 3.44. The fourth-order valence-electron chi connectivity index (χ4n) is 3.64. The Labute approximate surface area is 150 Å². The Morgan fingerprint density at radius 2 is 1.84 bits per heavy atom. The van der Waals surface area contributed by atoms with Crippen molar-refractivity contribution in [2.75, 3.05) is 13.7 Å². The van der Waals surface area contributed by atoms with E-state index in [1.807, 2.05) is 18.5 Å². The van der Waals surface area contributed by atoms with Gasteiger partial charge in [0.1, 0.15) is 5.75 Å². The van der Waals surface area contributed by atoms with Crippen LogP contribution in [0, 0.1) is 0 Å². The number of benzene rings is 1. The number of aliphatic hydroxyl groups excluding tert-OH is 1. The molecule has 4 nitrogen and oxygen atoms in total. The topological polar surface area (TPSA) is 45.6 Å². The second kappa shape index (κ2) is 8.97. The van der Waals surface area contributed by atoms with Crippen molar-refractivity contribution in [1.29, 1.82) is 0 Å². The quantitative estimate of drug-likeness (QED) is 0.839. The van der Waals surface area contributed by atoms with E-state index in [0.29, 0.717) is 6.04 Å². The fourth-order valence-corrected chi connectivity index (χ4v) is 3.64. The highest BCUT2D eigenvalue weighted by Gasteiger charge is 2.24. The Bertz CT molecular complexity index is 639. The highest BCUT2D eigenvalue weighted by molar-refractivity contribution is 5.28. The summed E-state index contributed by atoms with van der Waals surface area (Å²) >= 11 is 0. The van der Waals surface area contributed by atoms with Crippen LogP contribution in [0.1, 0.15) is 36.8 Å². The van der Waals surface area contributed by atoms with Gasteiger partial charge in [0.05, 0.1) is 13.2 Å². The lowest BCUT2D eigenvalue weighted by molar-refractivity contribution is 0.0707. The number of aromatic nitrogens is 1. The Kier molecular flexibility index (Phi) is 6.42. The number of nitrogens with zero attached hydrogens (tertiary/aromatic N) is 2. The van der Waals surface area contributed by atoms with Gasteiger partial charge in [0.15, 0.2) is 0 Å². The van der Waals surface area contributed by atoms with E-state index in [9.17, 15) is 5.11 Å². The molecule has 1 heterocycles. The van der Waals surface area contributed by atoms with Gasteiger partial charge in [-0.3, -0.25) is 9.88 Å². The molecule has 1 saturated carbocycles. The van der Waals surface area contributed by atoms with Crippen LogP contribution in [0.4, 0.5) is 0 Å². The number of hydrogen-bond donors (Lipinski definition) is 1. The first-order valence-corrected chi connectivity index (χ1v) is 9.18. The minimum atomic E-state index is -0.116. The molecule has 4 heteroatoms. The smallest absolute Gasteiger partial charge is 0.119 e. The first-order chi connectivity index (χ1) is 12.2. The third-order valence-electron chi connectivity index (χ3n) is 5.14. The number of hydrogen-bond acceptors (Lipinski definition) is 4. The maximum absolute atomic E-state index is 9.83. The molecule has 0 saturated heterocycles. The van der Waals surface area contributed by atoms with Crippen LogP contribution in [0.15, 0.2) is 48.8 Å². The zero-order valence-electron chi connectivity index (χ0n) is 15.0. The summed E-state index contributed by atoms with van der Waals surface area (Å²) in [6, 6.07) is 13.1. The van der Waals surface area contributed by atoms with Crippen molar-refractivity contribution < 1.29 is 9.84 Å². The predicted molar refractivity (Wildman–Crippen MR) is 99.6 cm³/mol. The third-order valence-corrected chi connectivity index (χ3v) is 5.14. The first kappa shape index (κ1) is 17.9. The number of ether oxygens (including phenoxy) is 1. The molecule has 0 unspecified atom stereocenters. The first-order valence-electron chi connectivity index (χ1n) is 9.18. The van der Waals surface area contributed by atoms with Crippen molar-refractivity contribution in [3.63, 3.8) is 0 Å². The van der Waals surface area contributed by atoms with E-state index in [1.54, 1.807) is 7.11 Å². The lowest BCUT2D eigenvalue weighted by Gasteiger charge is -2.36. The second-order valence-electron chi connectivity index (χ2n) is 6.89. The van der Waals surface area contributed by atoms with Gasteiger partial charge in [-0.15, -0.1) is 0 Å². The van der Waals surface area contributed by atoms with E-state index >= 15 is 0 Å². The van der Waals surface area contributed by atoms with Crippen molar-refractivity contribution in [2.45, 2.75) is 50.8 Å². The molecule has 0 aliphatic heterocycles. The molecule has 134 valence electrons. The summed E-state index contributed by atoms with van der Waals surface area (Å²) in [5, 5.41) is 9.83. The van der Waals surface area contributed by atoms with Crippen LogP contribution in [-0.4, -0.2) is 40.8 Å².